The van der Waals surface area contributed by atoms with Gasteiger partial charge < -0.3 is 33.9 Å². The third kappa shape index (κ3) is 6.34. The van der Waals surface area contributed by atoms with Crippen molar-refractivity contribution in [2.24, 2.45) is 0 Å². The highest BCUT2D eigenvalue weighted by molar-refractivity contribution is 5.31. The Kier molecular flexibility index (Phi) is 8.51. The van der Waals surface area contributed by atoms with Crippen molar-refractivity contribution in [3.8, 4) is 11.5 Å². The molecule has 0 aromatic heterocycles. The van der Waals surface area contributed by atoms with Crippen molar-refractivity contribution in [3.05, 3.63) is 96.1 Å². The summed E-state index contributed by atoms with van der Waals surface area (Å²) in [5.41, 5.74) is 1.93. The molecule has 0 unspecified atom stereocenters. The fourth-order valence-electron chi connectivity index (χ4n) is 3.74. The predicted molar refractivity (Wildman–Crippen MR) is 125 cm³/mol. The smallest absolute Gasteiger partial charge is 0.229 e. The first-order chi connectivity index (χ1) is 16.6. The van der Waals surface area contributed by atoms with Gasteiger partial charge in [-0.05, 0) is 35.4 Å². The molecular formula is C27H30O7. The minimum Gasteiger partial charge on any atom is -0.497 e. The number of ether oxygens (including phenoxy) is 5. The second-order valence-electron chi connectivity index (χ2n) is 8.08. The lowest BCUT2D eigenvalue weighted by molar-refractivity contribution is -0.292. The summed E-state index contributed by atoms with van der Waals surface area (Å²) in [6.45, 7) is 0.679. The van der Waals surface area contributed by atoms with Crippen LogP contribution in [0.3, 0.4) is 0 Å². The van der Waals surface area contributed by atoms with Crippen molar-refractivity contribution in [1.82, 2.24) is 0 Å². The summed E-state index contributed by atoms with van der Waals surface area (Å²) in [6, 6.07) is 26.3. The monoisotopic (exact) mass is 466 g/mol. The Bertz CT molecular complexity index is 979. The second kappa shape index (κ2) is 12.0. The Morgan fingerprint density at radius 1 is 0.735 bits per heavy atom. The van der Waals surface area contributed by atoms with Gasteiger partial charge in [0, 0.05) is 0 Å². The molecule has 0 bridgehead atoms. The molecule has 1 fully saturated rings. The zero-order valence-electron chi connectivity index (χ0n) is 19.0. The molecule has 3 aromatic carbocycles. The number of aliphatic hydroxyl groups is 2. The van der Waals surface area contributed by atoms with Crippen molar-refractivity contribution >= 4 is 0 Å². The van der Waals surface area contributed by atoms with E-state index < -0.39 is 30.7 Å². The van der Waals surface area contributed by atoms with Crippen LogP contribution in [0.1, 0.15) is 11.1 Å². The number of hydrogen-bond acceptors (Lipinski definition) is 7. The van der Waals surface area contributed by atoms with E-state index in [1.54, 1.807) is 31.4 Å². The van der Waals surface area contributed by atoms with Crippen LogP contribution >= 0.6 is 0 Å². The summed E-state index contributed by atoms with van der Waals surface area (Å²) in [5, 5.41) is 21.7. The van der Waals surface area contributed by atoms with Crippen LogP contribution < -0.4 is 9.47 Å². The lowest BCUT2D eigenvalue weighted by Crippen LogP contribution is -2.61. The number of hydrogen-bond donors (Lipinski definition) is 2. The first-order valence-corrected chi connectivity index (χ1v) is 11.2. The average molecular weight is 467 g/mol. The molecule has 180 valence electrons. The Hall–Kier alpha value is -2.94. The van der Waals surface area contributed by atoms with Crippen LogP contribution in [-0.4, -0.2) is 54.6 Å². The average Bonchev–Trinajstić information content (AvgIpc) is 2.88. The predicted octanol–water partition coefficient (Wildman–Crippen LogP) is 3.32. The largest absolute Gasteiger partial charge is 0.497 e. The molecule has 4 rings (SSSR count). The van der Waals surface area contributed by atoms with E-state index in [2.05, 4.69) is 0 Å². The van der Waals surface area contributed by atoms with Gasteiger partial charge in [-0.1, -0.05) is 60.7 Å². The van der Waals surface area contributed by atoms with Gasteiger partial charge in [-0.25, -0.2) is 0 Å². The highest BCUT2D eigenvalue weighted by Crippen LogP contribution is 2.28. The SMILES string of the molecule is COc1ccc(O[C@@H]2O[C@H](COCc3ccccc3)[C@H](O)[C@H](O)[C@H]2OCc2ccccc2)cc1. The van der Waals surface area contributed by atoms with Crippen LogP contribution in [0.4, 0.5) is 0 Å². The summed E-state index contributed by atoms with van der Waals surface area (Å²) in [5.74, 6) is 1.21. The Morgan fingerprint density at radius 3 is 1.94 bits per heavy atom. The summed E-state index contributed by atoms with van der Waals surface area (Å²) >= 11 is 0. The van der Waals surface area contributed by atoms with Crippen LogP contribution in [-0.2, 0) is 27.4 Å². The minimum atomic E-state index is -1.23. The van der Waals surface area contributed by atoms with E-state index in [1.165, 1.54) is 0 Å². The fraction of sp³-hybridized carbons (Fsp3) is 0.333. The molecule has 0 aliphatic carbocycles. The number of aliphatic hydroxyl groups excluding tert-OH is 2. The molecule has 1 heterocycles. The maximum absolute atomic E-state index is 10.9. The third-order valence-corrected chi connectivity index (χ3v) is 5.64. The van der Waals surface area contributed by atoms with Crippen molar-refractivity contribution in [3.63, 3.8) is 0 Å². The van der Waals surface area contributed by atoms with E-state index in [0.717, 1.165) is 11.1 Å². The van der Waals surface area contributed by atoms with Crippen molar-refractivity contribution < 1.29 is 33.9 Å². The molecular weight excluding hydrogens is 436 g/mol. The first-order valence-electron chi connectivity index (χ1n) is 11.2. The van der Waals surface area contributed by atoms with Gasteiger partial charge in [-0.15, -0.1) is 0 Å². The summed E-state index contributed by atoms with van der Waals surface area (Å²) in [6.07, 6.45) is -5.10. The summed E-state index contributed by atoms with van der Waals surface area (Å²) in [7, 11) is 1.59. The summed E-state index contributed by atoms with van der Waals surface area (Å²) < 4.78 is 29.0. The van der Waals surface area contributed by atoms with E-state index in [0.29, 0.717) is 18.1 Å². The molecule has 5 atom stereocenters. The number of benzene rings is 3. The molecule has 0 radical (unpaired) electrons. The lowest BCUT2D eigenvalue weighted by atomic mass is 9.99. The van der Waals surface area contributed by atoms with Crippen LogP contribution in [0.5, 0.6) is 11.5 Å². The Morgan fingerprint density at radius 2 is 1.32 bits per heavy atom. The zero-order chi connectivity index (χ0) is 23.8. The molecule has 0 spiro atoms. The number of rotatable bonds is 10. The topological polar surface area (TPSA) is 86.6 Å². The van der Waals surface area contributed by atoms with Crippen LogP contribution in [0.25, 0.3) is 0 Å². The molecule has 2 N–H and O–H groups in total. The van der Waals surface area contributed by atoms with E-state index >= 15 is 0 Å². The molecule has 1 aliphatic rings. The summed E-state index contributed by atoms with van der Waals surface area (Å²) in [4.78, 5) is 0. The molecule has 0 amide bonds. The van der Waals surface area contributed by atoms with Gasteiger partial charge in [0.25, 0.3) is 0 Å². The molecule has 3 aromatic rings. The van der Waals surface area contributed by atoms with Gasteiger partial charge in [0.05, 0.1) is 26.9 Å². The van der Waals surface area contributed by atoms with Gasteiger partial charge in [0.2, 0.25) is 6.29 Å². The second-order valence-corrected chi connectivity index (χ2v) is 8.08. The Labute approximate surface area is 199 Å². The lowest BCUT2D eigenvalue weighted by Gasteiger charge is -2.42. The Balaban J connectivity index is 1.45. The van der Waals surface area contributed by atoms with Crippen molar-refractivity contribution in [2.75, 3.05) is 13.7 Å². The van der Waals surface area contributed by atoms with E-state index in [9.17, 15) is 10.2 Å². The van der Waals surface area contributed by atoms with Gasteiger partial charge in [-0.3, -0.25) is 0 Å². The van der Waals surface area contributed by atoms with Gasteiger partial charge in [-0.2, -0.15) is 0 Å². The quantitative estimate of drug-likeness (QED) is 0.474. The number of methoxy groups -OCH3 is 1. The third-order valence-electron chi connectivity index (χ3n) is 5.64. The molecule has 1 saturated heterocycles. The minimum absolute atomic E-state index is 0.0843. The zero-order valence-corrected chi connectivity index (χ0v) is 19.0. The normalized spacial score (nSPS) is 24.5. The van der Waals surface area contributed by atoms with Crippen LogP contribution in [0.15, 0.2) is 84.9 Å². The fourth-order valence-corrected chi connectivity index (χ4v) is 3.74. The molecule has 1 aliphatic heterocycles. The van der Waals surface area contributed by atoms with E-state index in [-0.39, 0.29) is 13.2 Å². The van der Waals surface area contributed by atoms with E-state index in [1.807, 2.05) is 60.7 Å². The molecule has 7 nitrogen and oxygen atoms in total. The van der Waals surface area contributed by atoms with Crippen molar-refractivity contribution in [2.45, 2.75) is 43.9 Å². The molecule has 34 heavy (non-hydrogen) atoms. The maximum atomic E-state index is 10.9. The maximum Gasteiger partial charge on any atom is 0.229 e. The van der Waals surface area contributed by atoms with Gasteiger partial charge >= 0.3 is 0 Å². The van der Waals surface area contributed by atoms with Crippen LogP contribution in [0, 0.1) is 0 Å². The molecule has 0 saturated carbocycles. The first kappa shape index (κ1) is 24.2. The van der Waals surface area contributed by atoms with Crippen molar-refractivity contribution in [1.29, 1.82) is 0 Å². The van der Waals surface area contributed by atoms with Gasteiger partial charge in [0.15, 0.2) is 0 Å². The van der Waals surface area contributed by atoms with Gasteiger partial charge in [0.1, 0.15) is 35.9 Å². The molecule has 7 heteroatoms. The highest BCUT2D eigenvalue weighted by atomic mass is 16.7. The standard InChI is InChI=1S/C27H30O7/c1-30-21-12-14-22(15-13-21)33-27-26(32-17-20-10-6-3-7-11-20)25(29)24(28)23(34-27)18-31-16-19-8-4-2-5-9-19/h2-15,23-29H,16-18H2,1H3/t23-,24+,25+,26-,27-/m1/s1. The van der Waals surface area contributed by atoms with Crippen LogP contribution in [0.2, 0.25) is 0 Å². The highest BCUT2D eigenvalue weighted by Gasteiger charge is 2.46. The van der Waals surface area contributed by atoms with E-state index in [4.69, 9.17) is 23.7 Å².